The van der Waals surface area contributed by atoms with Crippen LogP contribution in [0.1, 0.15) is 12.5 Å². The van der Waals surface area contributed by atoms with E-state index in [2.05, 4.69) is 10.2 Å². The van der Waals surface area contributed by atoms with Gasteiger partial charge in [0.2, 0.25) is 0 Å². The summed E-state index contributed by atoms with van der Waals surface area (Å²) in [5.41, 5.74) is 0.0349. The molecule has 2 rings (SSSR count). The second-order valence-electron chi connectivity index (χ2n) is 4.85. The van der Waals surface area contributed by atoms with Crippen LogP contribution in [-0.4, -0.2) is 33.3 Å². The summed E-state index contributed by atoms with van der Waals surface area (Å²) in [5.74, 6) is -0.884. The minimum atomic E-state index is -5.19. The Bertz CT molecular complexity index is 856. The first-order valence-electron chi connectivity index (χ1n) is 6.87. The Kier molecular flexibility index (Phi) is 5.51. The number of aliphatic hydroxyl groups excluding tert-OH is 1. The molecular formula is C16H15AsN2O5. The first-order chi connectivity index (χ1) is 11.3. The van der Waals surface area contributed by atoms with Crippen molar-refractivity contribution < 1.29 is 21.8 Å². The third-order valence-corrected chi connectivity index (χ3v) is 5.17. The van der Waals surface area contributed by atoms with E-state index in [9.17, 15) is 21.8 Å². The topological polar surface area (TPSA) is 120 Å². The number of ketones is 1. The fourth-order valence-electron chi connectivity index (χ4n) is 1.92. The SMILES string of the molecule is CC(=O)/C(N=Nc1ccccc1[As](=O)(O)O)=C(/O)c1ccccc1. The number of rotatable bonds is 5. The van der Waals surface area contributed by atoms with E-state index >= 15 is 0 Å². The summed E-state index contributed by atoms with van der Waals surface area (Å²) in [6.07, 6.45) is 0. The van der Waals surface area contributed by atoms with Gasteiger partial charge in [0, 0.05) is 0 Å². The molecule has 0 saturated carbocycles. The molecule has 0 fully saturated rings. The van der Waals surface area contributed by atoms with E-state index < -0.39 is 20.0 Å². The number of allylic oxidation sites excluding steroid dienone is 1. The summed E-state index contributed by atoms with van der Waals surface area (Å²) in [7, 11) is 0. The molecule has 8 heteroatoms. The van der Waals surface area contributed by atoms with Crippen molar-refractivity contribution in [3.05, 3.63) is 65.9 Å². The molecule has 0 amide bonds. The van der Waals surface area contributed by atoms with Crippen molar-refractivity contribution in [2.24, 2.45) is 10.2 Å². The third-order valence-electron chi connectivity index (χ3n) is 3.06. The Balaban J connectivity index is 2.49. The number of carbonyl (C=O) groups is 1. The van der Waals surface area contributed by atoms with E-state index in [1.165, 1.54) is 31.2 Å². The van der Waals surface area contributed by atoms with Crippen molar-refractivity contribution in [2.75, 3.05) is 0 Å². The average molecular weight is 390 g/mol. The van der Waals surface area contributed by atoms with Crippen molar-refractivity contribution >= 4 is 35.8 Å². The Morgan fingerprint density at radius 2 is 1.58 bits per heavy atom. The van der Waals surface area contributed by atoms with Gasteiger partial charge in [-0.15, -0.1) is 0 Å². The molecule has 0 unspecified atom stereocenters. The zero-order valence-electron chi connectivity index (χ0n) is 12.7. The van der Waals surface area contributed by atoms with Crippen molar-refractivity contribution in [3.63, 3.8) is 0 Å². The Morgan fingerprint density at radius 3 is 2.17 bits per heavy atom. The number of aliphatic hydroxyl groups is 1. The monoisotopic (exact) mass is 390 g/mol. The number of benzene rings is 2. The maximum absolute atomic E-state index is 11.7. The first kappa shape index (κ1) is 17.9. The van der Waals surface area contributed by atoms with Crippen LogP contribution < -0.4 is 4.35 Å². The van der Waals surface area contributed by atoms with Gasteiger partial charge in [-0.3, -0.25) is 0 Å². The van der Waals surface area contributed by atoms with Crippen LogP contribution in [-0.2, 0) is 8.53 Å². The van der Waals surface area contributed by atoms with Crippen LogP contribution in [0.2, 0.25) is 0 Å². The van der Waals surface area contributed by atoms with Crippen molar-refractivity contribution in [3.8, 4) is 0 Å². The normalized spacial score (nSPS) is 13.0. The van der Waals surface area contributed by atoms with E-state index in [1.807, 2.05) is 0 Å². The van der Waals surface area contributed by atoms with Crippen LogP contribution in [0.3, 0.4) is 0 Å². The molecule has 0 radical (unpaired) electrons. The van der Waals surface area contributed by atoms with Gasteiger partial charge >= 0.3 is 141 Å². The van der Waals surface area contributed by atoms with Crippen LogP contribution in [0.5, 0.6) is 0 Å². The van der Waals surface area contributed by atoms with Crippen molar-refractivity contribution in [1.29, 1.82) is 0 Å². The van der Waals surface area contributed by atoms with Crippen LogP contribution in [0.15, 0.2) is 70.5 Å². The molecule has 0 aromatic heterocycles. The summed E-state index contributed by atoms with van der Waals surface area (Å²) < 4.78 is 30.0. The molecule has 124 valence electrons. The minimum absolute atomic E-state index is 0.0513. The molecule has 2 aromatic rings. The number of azo groups is 1. The second-order valence-corrected chi connectivity index (χ2v) is 8.15. The molecule has 0 saturated heterocycles. The van der Waals surface area contributed by atoms with Crippen LogP contribution in [0.25, 0.3) is 5.76 Å². The molecule has 0 spiro atoms. The van der Waals surface area contributed by atoms with E-state index in [1.54, 1.807) is 30.3 Å². The number of nitrogens with zero attached hydrogens (tertiary/aromatic N) is 2. The van der Waals surface area contributed by atoms with Gasteiger partial charge in [-0.25, -0.2) is 0 Å². The molecule has 0 heterocycles. The van der Waals surface area contributed by atoms with Gasteiger partial charge in [0.25, 0.3) is 0 Å². The zero-order valence-corrected chi connectivity index (χ0v) is 14.6. The predicted octanol–water partition coefficient (Wildman–Crippen LogP) is 1.85. The first-order valence-corrected chi connectivity index (χ1v) is 10.3. The molecule has 0 aliphatic carbocycles. The van der Waals surface area contributed by atoms with Gasteiger partial charge in [0.15, 0.2) is 0 Å². The molecule has 3 N–H and O–H groups in total. The molecule has 0 bridgehead atoms. The molecule has 7 nitrogen and oxygen atoms in total. The second kappa shape index (κ2) is 7.40. The average Bonchev–Trinajstić information content (AvgIpc) is 2.55. The summed E-state index contributed by atoms with van der Waals surface area (Å²) in [5, 5.41) is 17.7. The predicted molar refractivity (Wildman–Crippen MR) is 88.1 cm³/mol. The Hall–Kier alpha value is -2.47. The fourth-order valence-corrected chi connectivity index (χ4v) is 3.38. The molecular weight excluding hydrogens is 375 g/mol. The number of carbonyl (C=O) groups excluding carboxylic acids is 1. The zero-order chi connectivity index (χ0) is 17.7. The molecule has 2 aromatic carbocycles. The summed E-state index contributed by atoms with van der Waals surface area (Å²) in [6, 6.07) is 14.0. The summed E-state index contributed by atoms with van der Waals surface area (Å²) in [6.45, 7) is 1.21. The quantitative estimate of drug-likeness (QED) is 0.312. The molecule has 24 heavy (non-hydrogen) atoms. The van der Waals surface area contributed by atoms with Crippen molar-refractivity contribution in [1.82, 2.24) is 0 Å². The van der Waals surface area contributed by atoms with Crippen LogP contribution in [0, 0.1) is 0 Å². The van der Waals surface area contributed by atoms with E-state index in [0.29, 0.717) is 5.56 Å². The van der Waals surface area contributed by atoms with Crippen molar-refractivity contribution in [2.45, 2.75) is 6.92 Å². The fraction of sp³-hybridized carbons (Fsp3) is 0.0625. The van der Waals surface area contributed by atoms with Crippen LogP contribution >= 0.6 is 0 Å². The molecule has 0 aliphatic heterocycles. The number of hydrogen-bond acceptors (Lipinski definition) is 5. The van der Waals surface area contributed by atoms with Gasteiger partial charge in [-0.1, -0.05) is 0 Å². The van der Waals surface area contributed by atoms with E-state index in [4.69, 9.17) is 0 Å². The van der Waals surface area contributed by atoms with Gasteiger partial charge in [-0.2, -0.15) is 0 Å². The number of Topliss-reactive ketones (excluding diaryl/α,β-unsaturated/α-hetero) is 1. The summed E-state index contributed by atoms with van der Waals surface area (Å²) >= 11 is -5.19. The van der Waals surface area contributed by atoms with Gasteiger partial charge < -0.3 is 0 Å². The maximum atomic E-state index is 11.7. The van der Waals surface area contributed by atoms with Gasteiger partial charge in [-0.05, 0) is 0 Å². The number of hydrogen-bond donors (Lipinski definition) is 3. The Morgan fingerprint density at radius 1 is 1.00 bits per heavy atom. The summed E-state index contributed by atoms with van der Waals surface area (Å²) in [4.78, 5) is 11.7. The Labute approximate surface area is 141 Å². The molecule has 0 aliphatic rings. The third kappa shape index (κ3) is 4.29. The van der Waals surface area contributed by atoms with Gasteiger partial charge in [0.05, 0.1) is 0 Å². The van der Waals surface area contributed by atoms with E-state index in [-0.39, 0.29) is 21.5 Å². The standard InChI is InChI=1S/C16H15AsN2O5/c1-11(20)15(16(21)12-7-3-2-4-8-12)19-18-14-10-6-5-9-13(14)17(22,23)24/h2-10,21H,1H3,(H2,22,23,24)/b16-15-,19-18?. The van der Waals surface area contributed by atoms with Crippen LogP contribution in [0.4, 0.5) is 5.69 Å². The van der Waals surface area contributed by atoms with Gasteiger partial charge in [0.1, 0.15) is 0 Å². The molecule has 0 atom stereocenters. The van der Waals surface area contributed by atoms with E-state index in [0.717, 1.165) is 0 Å².